The highest BCUT2D eigenvalue weighted by Crippen LogP contribution is 2.43. The SMILES string of the molecule is CCOc1c(CC)c(O)c(CC)c(O)c1CC. The number of hydrogen-bond donors (Lipinski definition) is 2. The molecule has 0 aliphatic heterocycles. The van der Waals surface area contributed by atoms with Crippen molar-refractivity contribution < 1.29 is 14.9 Å². The summed E-state index contributed by atoms with van der Waals surface area (Å²) in [4.78, 5) is 0. The lowest BCUT2D eigenvalue weighted by molar-refractivity contribution is 0.324. The fourth-order valence-electron chi connectivity index (χ4n) is 2.18. The van der Waals surface area contributed by atoms with E-state index in [9.17, 15) is 10.2 Å². The third kappa shape index (κ3) is 2.33. The molecule has 96 valence electrons. The van der Waals surface area contributed by atoms with Gasteiger partial charge in [0.15, 0.2) is 0 Å². The van der Waals surface area contributed by atoms with Crippen molar-refractivity contribution in [1.82, 2.24) is 0 Å². The van der Waals surface area contributed by atoms with Gasteiger partial charge in [-0.1, -0.05) is 20.8 Å². The minimum Gasteiger partial charge on any atom is -0.507 e. The first-order chi connectivity index (χ1) is 8.12. The maximum absolute atomic E-state index is 10.2. The molecule has 3 heteroatoms. The maximum Gasteiger partial charge on any atom is 0.133 e. The van der Waals surface area contributed by atoms with E-state index >= 15 is 0 Å². The highest BCUT2D eigenvalue weighted by Gasteiger charge is 2.21. The van der Waals surface area contributed by atoms with Crippen LogP contribution in [0.5, 0.6) is 17.2 Å². The van der Waals surface area contributed by atoms with Crippen molar-refractivity contribution in [1.29, 1.82) is 0 Å². The van der Waals surface area contributed by atoms with E-state index in [0.717, 1.165) is 11.1 Å². The molecule has 17 heavy (non-hydrogen) atoms. The van der Waals surface area contributed by atoms with E-state index < -0.39 is 0 Å². The molecule has 0 heterocycles. The molecule has 0 atom stereocenters. The Hall–Kier alpha value is -1.38. The van der Waals surface area contributed by atoms with Gasteiger partial charge in [-0.2, -0.15) is 0 Å². The average Bonchev–Trinajstić information content (AvgIpc) is 2.31. The first-order valence-corrected chi connectivity index (χ1v) is 6.33. The second-order valence-electron chi connectivity index (χ2n) is 3.96. The number of phenols is 2. The van der Waals surface area contributed by atoms with Crippen molar-refractivity contribution in [3.05, 3.63) is 16.7 Å². The largest absolute Gasteiger partial charge is 0.507 e. The van der Waals surface area contributed by atoms with Crippen LogP contribution < -0.4 is 4.74 Å². The molecule has 0 amide bonds. The summed E-state index contributed by atoms with van der Waals surface area (Å²) in [5.74, 6) is 1.03. The molecule has 0 saturated heterocycles. The molecule has 1 aromatic carbocycles. The first-order valence-electron chi connectivity index (χ1n) is 6.33. The number of aromatic hydroxyl groups is 2. The zero-order valence-corrected chi connectivity index (χ0v) is 11.1. The van der Waals surface area contributed by atoms with Crippen LogP contribution in [0.25, 0.3) is 0 Å². The van der Waals surface area contributed by atoms with E-state index in [4.69, 9.17) is 4.74 Å². The molecule has 3 nitrogen and oxygen atoms in total. The molecular formula is C14H22O3. The van der Waals surface area contributed by atoms with E-state index in [1.54, 1.807) is 0 Å². The Morgan fingerprint density at radius 1 is 0.765 bits per heavy atom. The molecule has 0 spiro atoms. The molecule has 0 aliphatic carbocycles. The monoisotopic (exact) mass is 238 g/mol. The quantitative estimate of drug-likeness (QED) is 0.828. The molecule has 1 aromatic rings. The predicted octanol–water partition coefficient (Wildman–Crippen LogP) is 3.18. The normalized spacial score (nSPS) is 10.6. The molecular weight excluding hydrogens is 216 g/mol. The van der Waals surface area contributed by atoms with E-state index in [-0.39, 0.29) is 11.5 Å². The Balaban J connectivity index is 3.56. The van der Waals surface area contributed by atoms with Gasteiger partial charge in [0.05, 0.1) is 6.61 Å². The van der Waals surface area contributed by atoms with E-state index in [1.807, 2.05) is 27.7 Å². The van der Waals surface area contributed by atoms with Crippen LogP contribution in [-0.2, 0) is 19.3 Å². The van der Waals surface area contributed by atoms with Gasteiger partial charge in [0, 0.05) is 16.7 Å². The van der Waals surface area contributed by atoms with Crippen LogP contribution in [0.2, 0.25) is 0 Å². The summed E-state index contributed by atoms with van der Waals surface area (Å²) in [6, 6.07) is 0. The molecule has 2 N–H and O–H groups in total. The topological polar surface area (TPSA) is 49.7 Å². The molecule has 0 unspecified atom stereocenters. The van der Waals surface area contributed by atoms with Gasteiger partial charge < -0.3 is 14.9 Å². The Kier molecular flexibility index (Phi) is 4.67. The number of benzene rings is 1. The fraction of sp³-hybridized carbons (Fsp3) is 0.571. The molecule has 0 radical (unpaired) electrons. The first kappa shape index (κ1) is 13.7. The molecule has 1 rings (SSSR count). The lowest BCUT2D eigenvalue weighted by atomic mass is 9.96. The Morgan fingerprint density at radius 3 is 1.47 bits per heavy atom. The third-order valence-electron chi connectivity index (χ3n) is 3.04. The van der Waals surface area contributed by atoms with Crippen molar-refractivity contribution in [2.24, 2.45) is 0 Å². The summed E-state index contributed by atoms with van der Waals surface area (Å²) >= 11 is 0. The lowest BCUT2D eigenvalue weighted by Crippen LogP contribution is -2.03. The zero-order valence-electron chi connectivity index (χ0n) is 11.1. The highest BCUT2D eigenvalue weighted by molar-refractivity contribution is 5.61. The van der Waals surface area contributed by atoms with Gasteiger partial charge in [-0.25, -0.2) is 0 Å². The van der Waals surface area contributed by atoms with Gasteiger partial charge in [0.25, 0.3) is 0 Å². The van der Waals surface area contributed by atoms with Crippen molar-refractivity contribution >= 4 is 0 Å². The summed E-state index contributed by atoms with van der Waals surface area (Å²) < 4.78 is 5.59. The van der Waals surface area contributed by atoms with Crippen LogP contribution in [0.1, 0.15) is 44.4 Å². The van der Waals surface area contributed by atoms with Crippen LogP contribution in [0, 0.1) is 0 Å². The van der Waals surface area contributed by atoms with Gasteiger partial charge in [-0.05, 0) is 26.2 Å². The van der Waals surface area contributed by atoms with Crippen molar-refractivity contribution in [2.75, 3.05) is 6.61 Å². The number of ether oxygens (including phenoxy) is 1. The van der Waals surface area contributed by atoms with Gasteiger partial charge in [0.1, 0.15) is 17.2 Å². The van der Waals surface area contributed by atoms with E-state index in [2.05, 4.69) is 0 Å². The predicted molar refractivity (Wildman–Crippen MR) is 69.1 cm³/mol. The van der Waals surface area contributed by atoms with E-state index in [0.29, 0.717) is 37.2 Å². The standard InChI is InChI=1S/C14H22O3/c1-5-9-12(15)10(6-2)14(17-8-4)11(7-3)13(9)16/h15-16H,5-8H2,1-4H3. The second-order valence-corrected chi connectivity index (χ2v) is 3.96. The highest BCUT2D eigenvalue weighted by atomic mass is 16.5. The van der Waals surface area contributed by atoms with Gasteiger partial charge in [0.2, 0.25) is 0 Å². The summed E-state index contributed by atoms with van der Waals surface area (Å²) in [7, 11) is 0. The summed E-state index contributed by atoms with van der Waals surface area (Å²) in [5, 5.41) is 20.3. The molecule has 0 saturated carbocycles. The Morgan fingerprint density at radius 2 is 1.18 bits per heavy atom. The van der Waals surface area contributed by atoms with Crippen molar-refractivity contribution in [3.63, 3.8) is 0 Å². The van der Waals surface area contributed by atoms with Crippen molar-refractivity contribution in [2.45, 2.75) is 47.0 Å². The summed E-state index contributed by atoms with van der Waals surface area (Å²) in [5.41, 5.74) is 2.24. The van der Waals surface area contributed by atoms with Gasteiger partial charge in [-0.3, -0.25) is 0 Å². The van der Waals surface area contributed by atoms with Crippen LogP contribution in [0.3, 0.4) is 0 Å². The molecule has 0 aliphatic rings. The zero-order chi connectivity index (χ0) is 13.0. The molecule has 0 fully saturated rings. The Bertz CT molecular complexity index is 366. The maximum atomic E-state index is 10.2. The Labute approximate surface area is 103 Å². The van der Waals surface area contributed by atoms with Gasteiger partial charge >= 0.3 is 0 Å². The lowest BCUT2D eigenvalue weighted by Gasteiger charge is -2.19. The minimum atomic E-state index is 0.188. The van der Waals surface area contributed by atoms with Crippen molar-refractivity contribution in [3.8, 4) is 17.2 Å². The third-order valence-corrected chi connectivity index (χ3v) is 3.04. The van der Waals surface area contributed by atoms with E-state index in [1.165, 1.54) is 0 Å². The molecule has 0 bridgehead atoms. The summed E-state index contributed by atoms with van der Waals surface area (Å²) in [6.45, 7) is 8.32. The van der Waals surface area contributed by atoms with Crippen LogP contribution in [0.15, 0.2) is 0 Å². The average molecular weight is 238 g/mol. The number of phenolic OH excluding ortho intramolecular Hbond substituents is 2. The number of rotatable bonds is 5. The van der Waals surface area contributed by atoms with Gasteiger partial charge in [-0.15, -0.1) is 0 Å². The number of hydrogen-bond acceptors (Lipinski definition) is 3. The second kappa shape index (κ2) is 5.80. The minimum absolute atomic E-state index is 0.188. The fourth-order valence-corrected chi connectivity index (χ4v) is 2.18. The summed E-state index contributed by atoms with van der Waals surface area (Å²) in [6.07, 6.45) is 2.01. The van der Waals surface area contributed by atoms with Crippen LogP contribution in [-0.4, -0.2) is 16.8 Å². The molecule has 0 aromatic heterocycles. The smallest absolute Gasteiger partial charge is 0.133 e. The van der Waals surface area contributed by atoms with Crippen LogP contribution in [0.4, 0.5) is 0 Å². The van der Waals surface area contributed by atoms with Crippen LogP contribution >= 0.6 is 0 Å².